The highest BCUT2D eigenvalue weighted by molar-refractivity contribution is 6.32. The number of carbonyl (C=O) groups is 4. The van der Waals surface area contributed by atoms with Crippen LogP contribution in [0.15, 0.2) is 36.4 Å². The van der Waals surface area contributed by atoms with E-state index >= 15 is 0 Å². The van der Waals surface area contributed by atoms with Crippen molar-refractivity contribution in [2.24, 2.45) is 0 Å². The molecule has 0 aromatic heterocycles. The van der Waals surface area contributed by atoms with Crippen LogP contribution in [0.2, 0.25) is 0 Å². The van der Waals surface area contributed by atoms with Gasteiger partial charge in [-0.3, -0.25) is 19.2 Å². The van der Waals surface area contributed by atoms with Gasteiger partial charge in [0.05, 0.1) is 11.3 Å². The summed E-state index contributed by atoms with van der Waals surface area (Å²) in [6.45, 7) is 2.65. The molecule has 23 heavy (non-hydrogen) atoms. The van der Waals surface area contributed by atoms with Crippen LogP contribution in [0.3, 0.4) is 0 Å². The molecule has 0 unspecified atom stereocenters. The van der Waals surface area contributed by atoms with Crippen LogP contribution >= 0.6 is 0 Å². The van der Waals surface area contributed by atoms with Crippen molar-refractivity contribution in [1.29, 1.82) is 0 Å². The van der Waals surface area contributed by atoms with Crippen molar-refractivity contribution < 1.29 is 19.2 Å². The van der Waals surface area contributed by atoms with Gasteiger partial charge in [0.15, 0.2) is 17.3 Å². The summed E-state index contributed by atoms with van der Waals surface area (Å²) >= 11 is 0. The van der Waals surface area contributed by atoms with E-state index in [9.17, 15) is 19.2 Å². The van der Waals surface area contributed by atoms with Crippen LogP contribution in [0.1, 0.15) is 56.0 Å². The molecule has 0 saturated heterocycles. The lowest BCUT2D eigenvalue weighted by molar-refractivity contribution is -0.114. The number of fused-ring (bicyclic) bond motifs is 2. The molecule has 0 heterocycles. The Kier molecular flexibility index (Phi) is 3.41. The van der Waals surface area contributed by atoms with E-state index in [1.165, 1.54) is 26.0 Å². The predicted molar refractivity (Wildman–Crippen MR) is 84.1 cm³/mol. The van der Waals surface area contributed by atoms with Gasteiger partial charge >= 0.3 is 0 Å². The number of rotatable bonds is 2. The highest BCUT2D eigenvalue weighted by atomic mass is 16.2. The third-order valence-electron chi connectivity index (χ3n) is 3.77. The van der Waals surface area contributed by atoms with Crippen LogP contribution in [0, 0.1) is 0 Å². The van der Waals surface area contributed by atoms with Gasteiger partial charge in [-0.05, 0) is 19.1 Å². The SMILES string of the molecule is CC(=O)Nc1ccc(C(C)=O)c2c1C(=O)c1ccccc1C2=O. The summed E-state index contributed by atoms with van der Waals surface area (Å²) in [7, 11) is 0. The van der Waals surface area contributed by atoms with Crippen molar-refractivity contribution in [3.8, 4) is 0 Å². The van der Waals surface area contributed by atoms with E-state index in [0.29, 0.717) is 0 Å². The summed E-state index contributed by atoms with van der Waals surface area (Å²) in [6.07, 6.45) is 0. The summed E-state index contributed by atoms with van der Waals surface area (Å²) in [5, 5.41) is 2.56. The van der Waals surface area contributed by atoms with Gasteiger partial charge in [-0.1, -0.05) is 24.3 Å². The molecular formula is C18H13NO4. The molecule has 2 aromatic carbocycles. The summed E-state index contributed by atoms with van der Waals surface area (Å²) in [5.41, 5.74) is 1.11. The zero-order valence-corrected chi connectivity index (χ0v) is 12.6. The minimum atomic E-state index is -0.382. The van der Waals surface area contributed by atoms with Crippen LogP contribution in [-0.2, 0) is 4.79 Å². The van der Waals surface area contributed by atoms with Gasteiger partial charge in [-0.25, -0.2) is 0 Å². The highest BCUT2D eigenvalue weighted by Gasteiger charge is 2.34. The highest BCUT2D eigenvalue weighted by Crippen LogP contribution is 2.34. The van der Waals surface area contributed by atoms with Gasteiger partial charge in [0.1, 0.15) is 0 Å². The maximum atomic E-state index is 12.8. The number of carbonyl (C=O) groups excluding carboxylic acids is 4. The Hall–Kier alpha value is -3.08. The molecule has 1 N–H and O–H groups in total. The Morgan fingerprint density at radius 2 is 1.39 bits per heavy atom. The average Bonchev–Trinajstić information content (AvgIpc) is 2.51. The number of nitrogens with one attached hydrogen (secondary N) is 1. The minimum Gasteiger partial charge on any atom is -0.326 e. The van der Waals surface area contributed by atoms with Crippen LogP contribution in [0.4, 0.5) is 5.69 Å². The van der Waals surface area contributed by atoms with E-state index in [1.807, 2.05) is 0 Å². The average molecular weight is 307 g/mol. The smallest absolute Gasteiger partial charge is 0.221 e. The van der Waals surface area contributed by atoms with Gasteiger partial charge in [0.2, 0.25) is 5.91 Å². The number of hydrogen-bond donors (Lipinski definition) is 1. The van der Waals surface area contributed by atoms with Crippen molar-refractivity contribution in [1.82, 2.24) is 0 Å². The van der Waals surface area contributed by atoms with Crippen molar-refractivity contribution >= 4 is 28.9 Å². The first-order valence-corrected chi connectivity index (χ1v) is 7.05. The first-order valence-electron chi connectivity index (χ1n) is 7.05. The molecule has 1 aliphatic carbocycles. The van der Waals surface area contributed by atoms with Crippen LogP contribution in [-0.4, -0.2) is 23.3 Å². The van der Waals surface area contributed by atoms with Gasteiger partial charge in [-0.15, -0.1) is 0 Å². The van der Waals surface area contributed by atoms with E-state index in [-0.39, 0.29) is 56.8 Å². The van der Waals surface area contributed by atoms with Crippen LogP contribution < -0.4 is 5.32 Å². The molecule has 0 radical (unpaired) electrons. The van der Waals surface area contributed by atoms with E-state index in [4.69, 9.17) is 0 Å². The van der Waals surface area contributed by atoms with Crippen LogP contribution in [0.25, 0.3) is 0 Å². The standard InChI is InChI=1S/C18H13NO4/c1-9(20)11-7-8-14(19-10(2)21)16-15(11)17(22)12-5-3-4-6-13(12)18(16)23/h3-8H,1-2H3,(H,19,21). The predicted octanol–water partition coefficient (Wildman–Crippen LogP) is 2.62. The molecule has 0 fully saturated rings. The second-order valence-corrected chi connectivity index (χ2v) is 5.35. The number of hydrogen-bond acceptors (Lipinski definition) is 4. The summed E-state index contributed by atoms with van der Waals surface area (Å²) in [4.78, 5) is 48.9. The lowest BCUT2D eigenvalue weighted by Crippen LogP contribution is -2.25. The third kappa shape index (κ3) is 2.26. The molecule has 2 aromatic rings. The lowest BCUT2D eigenvalue weighted by Gasteiger charge is -2.22. The van der Waals surface area contributed by atoms with E-state index in [1.54, 1.807) is 24.3 Å². The quantitative estimate of drug-likeness (QED) is 0.738. The van der Waals surface area contributed by atoms with Crippen molar-refractivity contribution in [2.75, 3.05) is 5.32 Å². The molecule has 0 saturated carbocycles. The normalized spacial score (nSPS) is 12.4. The van der Waals surface area contributed by atoms with E-state index in [2.05, 4.69) is 5.32 Å². The Morgan fingerprint density at radius 1 is 0.826 bits per heavy atom. The number of amides is 1. The van der Waals surface area contributed by atoms with E-state index in [0.717, 1.165) is 0 Å². The van der Waals surface area contributed by atoms with E-state index < -0.39 is 0 Å². The fraction of sp³-hybridized carbons (Fsp3) is 0.111. The molecule has 5 nitrogen and oxygen atoms in total. The second kappa shape index (κ2) is 5.28. The summed E-state index contributed by atoms with van der Waals surface area (Å²) in [5.74, 6) is -1.42. The third-order valence-corrected chi connectivity index (χ3v) is 3.77. The largest absolute Gasteiger partial charge is 0.326 e. The molecule has 1 aliphatic rings. The summed E-state index contributed by atoms with van der Waals surface area (Å²) < 4.78 is 0. The molecule has 5 heteroatoms. The Morgan fingerprint density at radius 3 is 1.91 bits per heavy atom. The Labute approximate surface area is 132 Å². The first kappa shape index (κ1) is 14.8. The van der Waals surface area contributed by atoms with Crippen molar-refractivity contribution in [3.05, 3.63) is 64.2 Å². The van der Waals surface area contributed by atoms with Crippen molar-refractivity contribution in [3.63, 3.8) is 0 Å². The molecule has 1 amide bonds. The van der Waals surface area contributed by atoms with Crippen molar-refractivity contribution in [2.45, 2.75) is 13.8 Å². The Bertz CT molecular complexity index is 896. The molecule has 114 valence electrons. The molecule has 0 atom stereocenters. The topological polar surface area (TPSA) is 80.3 Å². The molecule has 0 spiro atoms. The zero-order valence-electron chi connectivity index (χ0n) is 12.6. The summed E-state index contributed by atoms with van der Waals surface area (Å²) in [6, 6.07) is 9.41. The van der Waals surface area contributed by atoms with Gasteiger partial charge < -0.3 is 5.32 Å². The van der Waals surface area contributed by atoms with Crippen LogP contribution in [0.5, 0.6) is 0 Å². The van der Waals surface area contributed by atoms with Gasteiger partial charge in [-0.2, -0.15) is 0 Å². The zero-order chi connectivity index (χ0) is 16.7. The fourth-order valence-electron chi connectivity index (χ4n) is 2.81. The molecular weight excluding hydrogens is 294 g/mol. The monoisotopic (exact) mass is 307 g/mol. The number of Topliss-reactive ketones (excluding diaryl/α,β-unsaturated/α-hetero) is 1. The minimum absolute atomic E-state index is 0.0625. The second-order valence-electron chi connectivity index (χ2n) is 5.35. The maximum Gasteiger partial charge on any atom is 0.221 e. The van der Waals surface area contributed by atoms with Gasteiger partial charge in [0.25, 0.3) is 0 Å². The fourth-order valence-corrected chi connectivity index (χ4v) is 2.81. The lowest BCUT2D eigenvalue weighted by atomic mass is 9.80. The Balaban J connectivity index is 2.36. The molecule has 0 bridgehead atoms. The number of benzene rings is 2. The van der Waals surface area contributed by atoms with Gasteiger partial charge in [0, 0.05) is 29.2 Å². The number of ketones is 3. The maximum absolute atomic E-state index is 12.8. The molecule has 0 aliphatic heterocycles. The number of anilines is 1. The molecule has 3 rings (SSSR count). The first-order chi connectivity index (χ1) is 10.9.